The molecule has 0 aliphatic carbocycles. The van der Waals surface area contributed by atoms with E-state index in [2.05, 4.69) is 21.9 Å². The Hall–Kier alpha value is -2.83. The van der Waals surface area contributed by atoms with E-state index >= 15 is 0 Å². The first-order valence-corrected chi connectivity index (χ1v) is 13.8. The van der Waals surface area contributed by atoms with Crippen LogP contribution in [0.15, 0.2) is 66.7 Å². The van der Waals surface area contributed by atoms with Gasteiger partial charge in [0.2, 0.25) is 0 Å². The first kappa shape index (κ1) is 26.8. The third-order valence-corrected chi connectivity index (χ3v) is 8.28. The molecule has 2 heterocycles. The molecular formula is C32H37F3N2O. The second-order valence-corrected chi connectivity index (χ2v) is 11.0. The normalized spacial score (nSPS) is 19.2. The summed E-state index contributed by atoms with van der Waals surface area (Å²) >= 11 is 0. The highest BCUT2D eigenvalue weighted by atomic mass is 19.1. The minimum atomic E-state index is -0.543. The standard InChI is InChI=1S/C32H37F3N2O/c33-28-13-12-27(30(35)21-28)22-36-17-15-32(16-18-36)14-6-5-8-25-7-2-4-11-31(25)38-20-19-37(24-32)23-26-9-1-3-10-29(26)34/h1-4,7,9-13,21H,5-6,8,14-20,22-24H2. The first-order valence-electron chi connectivity index (χ1n) is 13.8. The molecule has 38 heavy (non-hydrogen) atoms. The molecule has 1 saturated heterocycles. The number of para-hydroxylation sites is 1. The number of benzene rings is 3. The van der Waals surface area contributed by atoms with Crippen LogP contribution in [0.2, 0.25) is 0 Å². The van der Waals surface area contributed by atoms with Gasteiger partial charge >= 0.3 is 0 Å². The average molecular weight is 523 g/mol. The van der Waals surface area contributed by atoms with Gasteiger partial charge in [0.05, 0.1) is 0 Å². The molecule has 0 aromatic heterocycles. The van der Waals surface area contributed by atoms with E-state index in [-0.39, 0.29) is 11.2 Å². The van der Waals surface area contributed by atoms with Gasteiger partial charge in [-0.15, -0.1) is 0 Å². The number of ether oxygens (including phenoxy) is 1. The predicted octanol–water partition coefficient (Wildman–Crippen LogP) is 6.99. The smallest absolute Gasteiger partial charge is 0.130 e. The van der Waals surface area contributed by atoms with Crippen molar-refractivity contribution >= 4 is 0 Å². The van der Waals surface area contributed by atoms with E-state index in [1.54, 1.807) is 12.1 Å². The molecule has 2 aliphatic heterocycles. The molecule has 1 fully saturated rings. The summed E-state index contributed by atoms with van der Waals surface area (Å²) in [6, 6.07) is 19.2. The lowest BCUT2D eigenvalue weighted by molar-refractivity contribution is 0.0403. The maximum Gasteiger partial charge on any atom is 0.130 e. The Labute approximate surface area is 224 Å². The largest absolute Gasteiger partial charge is 0.492 e. The zero-order valence-corrected chi connectivity index (χ0v) is 22.0. The van der Waals surface area contributed by atoms with Crippen molar-refractivity contribution in [1.82, 2.24) is 9.80 Å². The fraction of sp³-hybridized carbons (Fsp3) is 0.438. The maximum absolute atomic E-state index is 14.6. The van der Waals surface area contributed by atoms with Gasteiger partial charge in [0.15, 0.2) is 0 Å². The van der Waals surface area contributed by atoms with Crippen LogP contribution >= 0.6 is 0 Å². The lowest BCUT2D eigenvalue weighted by Gasteiger charge is -2.45. The van der Waals surface area contributed by atoms with Crippen molar-refractivity contribution in [2.75, 3.05) is 32.8 Å². The van der Waals surface area contributed by atoms with Crippen LogP contribution < -0.4 is 4.74 Å². The van der Waals surface area contributed by atoms with Crippen molar-refractivity contribution in [3.05, 3.63) is 101 Å². The monoisotopic (exact) mass is 522 g/mol. The number of hydrogen-bond acceptors (Lipinski definition) is 3. The molecule has 3 aromatic carbocycles. The number of halogens is 3. The molecule has 0 amide bonds. The minimum absolute atomic E-state index is 0.113. The van der Waals surface area contributed by atoms with E-state index in [0.29, 0.717) is 30.8 Å². The molecule has 202 valence electrons. The highest BCUT2D eigenvalue weighted by molar-refractivity contribution is 5.33. The van der Waals surface area contributed by atoms with Gasteiger partial charge < -0.3 is 4.74 Å². The number of rotatable bonds is 4. The van der Waals surface area contributed by atoms with Gasteiger partial charge in [-0.2, -0.15) is 0 Å². The summed E-state index contributed by atoms with van der Waals surface area (Å²) < 4.78 is 48.5. The minimum Gasteiger partial charge on any atom is -0.492 e. The Morgan fingerprint density at radius 1 is 0.711 bits per heavy atom. The van der Waals surface area contributed by atoms with Crippen LogP contribution in [0.3, 0.4) is 0 Å². The van der Waals surface area contributed by atoms with Gasteiger partial charge in [-0.1, -0.05) is 48.9 Å². The number of fused-ring (bicyclic) bond motifs is 1. The highest BCUT2D eigenvalue weighted by Gasteiger charge is 2.36. The molecule has 0 bridgehead atoms. The molecule has 3 aromatic rings. The third-order valence-electron chi connectivity index (χ3n) is 8.28. The average Bonchev–Trinajstić information content (AvgIpc) is 2.91. The van der Waals surface area contributed by atoms with Gasteiger partial charge in [0.1, 0.15) is 29.8 Å². The second kappa shape index (κ2) is 12.4. The summed E-state index contributed by atoms with van der Waals surface area (Å²) in [6.07, 6.45) is 6.33. The summed E-state index contributed by atoms with van der Waals surface area (Å²) in [5.74, 6) is -0.240. The van der Waals surface area contributed by atoms with Crippen LogP contribution in [0.5, 0.6) is 5.75 Å². The summed E-state index contributed by atoms with van der Waals surface area (Å²) in [4.78, 5) is 4.64. The molecule has 5 rings (SSSR count). The number of piperidine rings is 1. The molecule has 0 atom stereocenters. The molecule has 1 spiro atoms. The van der Waals surface area contributed by atoms with E-state index in [9.17, 15) is 13.2 Å². The number of likely N-dealkylation sites (tertiary alicyclic amines) is 1. The Kier molecular flexibility index (Phi) is 8.70. The number of nitrogens with zero attached hydrogens (tertiary/aromatic N) is 2. The molecule has 0 radical (unpaired) electrons. The third kappa shape index (κ3) is 6.78. The van der Waals surface area contributed by atoms with Crippen molar-refractivity contribution in [3.63, 3.8) is 0 Å². The molecular weight excluding hydrogens is 485 g/mol. The Balaban J connectivity index is 1.32. The molecule has 2 aliphatic rings. The zero-order chi connectivity index (χ0) is 26.4. The molecule has 6 heteroatoms. The van der Waals surface area contributed by atoms with E-state index in [1.807, 2.05) is 24.3 Å². The van der Waals surface area contributed by atoms with E-state index in [0.717, 1.165) is 76.5 Å². The van der Waals surface area contributed by atoms with Crippen LogP contribution in [0.4, 0.5) is 13.2 Å². The fourth-order valence-corrected chi connectivity index (χ4v) is 6.07. The molecule has 0 N–H and O–H groups in total. The maximum atomic E-state index is 14.6. The Morgan fingerprint density at radius 3 is 2.26 bits per heavy atom. The number of aryl methyl sites for hydroxylation is 1. The quantitative estimate of drug-likeness (QED) is 0.367. The van der Waals surface area contributed by atoms with Crippen LogP contribution in [-0.4, -0.2) is 42.6 Å². The highest BCUT2D eigenvalue weighted by Crippen LogP contribution is 2.39. The van der Waals surface area contributed by atoms with E-state index in [4.69, 9.17) is 4.74 Å². The van der Waals surface area contributed by atoms with Crippen molar-refractivity contribution in [2.24, 2.45) is 5.41 Å². The summed E-state index contributed by atoms with van der Waals surface area (Å²) in [7, 11) is 0. The van der Waals surface area contributed by atoms with Crippen LogP contribution in [0.25, 0.3) is 0 Å². The molecule has 3 nitrogen and oxygen atoms in total. The Morgan fingerprint density at radius 2 is 1.45 bits per heavy atom. The summed E-state index contributed by atoms with van der Waals surface area (Å²) in [5, 5.41) is 0. The lowest BCUT2D eigenvalue weighted by Crippen LogP contribution is -2.47. The van der Waals surface area contributed by atoms with Crippen molar-refractivity contribution in [1.29, 1.82) is 0 Å². The second-order valence-electron chi connectivity index (χ2n) is 11.0. The Bertz CT molecular complexity index is 1210. The van der Waals surface area contributed by atoms with Crippen molar-refractivity contribution in [2.45, 2.75) is 51.6 Å². The first-order chi connectivity index (χ1) is 18.5. The van der Waals surface area contributed by atoms with Gasteiger partial charge in [-0.25, -0.2) is 13.2 Å². The van der Waals surface area contributed by atoms with Crippen LogP contribution in [0.1, 0.15) is 48.8 Å². The number of hydrogen-bond donors (Lipinski definition) is 0. The van der Waals surface area contributed by atoms with Crippen molar-refractivity contribution < 1.29 is 17.9 Å². The van der Waals surface area contributed by atoms with Gasteiger partial charge in [0.25, 0.3) is 0 Å². The van der Waals surface area contributed by atoms with E-state index in [1.165, 1.54) is 17.7 Å². The van der Waals surface area contributed by atoms with Crippen molar-refractivity contribution in [3.8, 4) is 5.75 Å². The van der Waals surface area contributed by atoms with Crippen LogP contribution in [0, 0.1) is 22.9 Å². The zero-order valence-electron chi connectivity index (χ0n) is 22.0. The molecule has 0 saturated carbocycles. The summed E-state index contributed by atoms with van der Waals surface area (Å²) in [5.41, 5.74) is 2.61. The predicted molar refractivity (Wildman–Crippen MR) is 144 cm³/mol. The van der Waals surface area contributed by atoms with Gasteiger partial charge in [0, 0.05) is 43.4 Å². The molecule has 0 unspecified atom stereocenters. The lowest BCUT2D eigenvalue weighted by atomic mass is 9.73. The fourth-order valence-electron chi connectivity index (χ4n) is 6.07. The SMILES string of the molecule is Fc1ccc(CN2CCC3(CCCCc4ccccc4OCCN(Cc4ccccc4F)C3)CC2)c(F)c1. The van der Waals surface area contributed by atoms with Crippen LogP contribution in [-0.2, 0) is 19.5 Å². The van der Waals surface area contributed by atoms with Gasteiger partial charge in [-0.05, 0) is 74.4 Å². The van der Waals surface area contributed by atoms with Gasteiger partial charge in [-0.3, -0.25) is 9.80 Å². The summed E-state index contributed by atoms with van der Waals surface area (Å²) in [6.45, 7) is 4.92. The topological polar surface area (TPSA) is 15.7 Å². The van der Waals surface area contributed by atoms with E-state index < -0.39 is 11.6 Å².